The molecule has 160 valence electrons. The molecule has 1 aromatic heterocycles. The topological polar surface area (TPSA) is 113 Å². The van der Waals surface area contributed by atoms with Crippen LogP contribution >= 0.6 is 0 Å². The largest absolute Gasteiger partial charge is 0.391 e. The molecule has 0 saturated heterocycles. The summed E-state index contributed by atoms with van der Waals surface area (Å²) in [4.78, 5) is 12.6. The van der Waals surface area contributed by atoms with Gasteiger partial charge in [0.05, 0.1) is 12.1 Å². The van der Waals surface area contributed by atoms with E-state index in [0.717, 1.165) is 68.2 Å². The SMILES string of the molecule is O=C(Nc1c2c(cc3c1CCC3)CCC2)NS(=O)(=O)c1ccn(C2CCCC2O)n1. The van der Waals surface area contributed by atoms with Crippen LogP contribution in [0.5, 0.6) is 0 Å². The third-order valence-corrected chi connectivity index (χ3v) is 7.80. The maximum absolute atomic E-state index is 12.7. The molecule has 0 aliphatic heterocycles. The van der Waals surface area contributed by atoms with E-state index in [2.05, 4.69) is 21.2 Å². The molecule has 0 radical (unpaired) electrons. The van der Waals surface area contributed by atoms with Crippen molar-refractivity contribution < 1.29 is 18.3 Å². The molecule has 1 saturated carbocycles. The number of sulfonamides is 1. The Hall–Kier alpha value is -2.39. The minimum absolute atomic E-state index is 0.222. The van der Waals surface area contributed by atoms with E-state index in [1.807, 2.05) is 0 Å². The van der Waals surface area contributed by atoms with Gasteiger partial charge in [0.15, 0.2) is 5.03 Å². The number of nitrogens with zero attached hydrogens (tertiary/aromatic N) is 2. The quantitative estimate of drug-likeness (QED) is 0.690. The standard InChI is InChI=1S/C21H26N4O4S/c26-18-9-3-8-17(18)25-11-10-19(23-25)30(28,29)24-21(27)22-20-15-6-1-4-13(15)12-14-5-2-7-16(14)20/h10-12,17-18,26H,1-9H2,(H2,22,24,27). The zero-order chi connectivity index (χ0) is 20.9. The van der Waals surface area contributed by atoms with Crippen LogP contribution in [0.3, 0.4) is 0 Å². The smallest absolute Gasteiger partial charge is 0.333 e. The van der Waals surface area contributed by atoms with Gasteiger partial charge in [0.25, 0.3) is 10.0 Å². The van der Waals surface area contributed by atoms with Crippen LogP contribution in [0.2, 0.25) is 0 Å². The summed E-state index contributed by atoms with van der Waals surface area (Å²) < 4.78 is 29.0. The number of anilines is 1. The summed E-state index contributed by atoms with van der Waals surface area (Å²) in [6.45, 7) is 0. The van der Waals surface area contributed by atoms with Gasteiger partial charge in [0.2, 0.25) is 0 Å². The predicted octanol–water partition coefficient (Wildman–Crippen LogP) is 2.46. The van der Waals surface area contributed by atoms with Crippen LogP contribution < -0.4 is 10.0 Å². The fourth-order valence-electron chi connectivity index (χ4n) is 5.16. The van der Waals surface area contributed by atoms with Gasteiger partial charge >= 0.3 is 6.03 Å². The third kappa shape index (κ3) is 3.39. The fraction of sp³-hybridized carbons (Fsp3) is 0.524. The van der Waals surface area contributed by atoms with Gasteiger partial charge in [-0.15, -0.1) is 0 Å². The third-order valence-electron chi connectivity index (χ3n) is 6.58. The molecular weight excluding hydrogens is 404 g/mol. The molecule has 8 nitrogen and oxygen atoms in total. The minimum Gasteiger partial charge on any atom is -0.391 e. The second-order valence-corrected chi connectivity index (χ2v) is 10.1. The Morgan fingerprint density at radius 3 is 2.40 bits per heavy atom. The molecule has 30 heavy (non-hydrogen) atoms. The van der Waals surface area contributed by atoms with Crippen molar-refractivity contribution >= 4 is 21.7 Å². The Labute approximate surface area is 175 Å². The van der Waals surface area contributed by atoms with E-state index in [4.69, 9.17) is 0 Å². The van der Waals surface area contributed by atoms with Crippen molar-refractivity contribution in [3.05, 3.63) is 40.6 Å². The number of urea groups is 1. The first-order valence-electron chi connectivity index (χ1n) is 10.7. The van der Waals surface area contributed by atoms with E-state index < -0.39 is 22.2 Å². The molecule has 2 aromatic rings. The van der Waals surface area contributed by atoms with Gasteiger partial charge in [0.1, 0.15) is 0 Å². The Bertz CT molecular complexity index is 1080. The summed E-state index contributed by atoms with van der Waals surface area (Å²) in [7, 11) is -4.11. The molecule has 1 aromatic carbocycles. The average Bonchev–Trinajstić information content (AvgIpc) is 3.47. The first-order valence-corrected chi connectivity index (χ1v) is 12.1. The van der Waals surface area contributed by atoms with Crippen molar-refractivity contribution in [1.82, 2.24) is 14.5 Å². The lowest BCUT2D eigenvalue weighted by Gasteiger charge is -2.16. The number of aromatic nitrogens is 2. The monoisotopic (exact) mass is 430 g/mol. The number of benzene rings is 1. The number of aliphatic hydroxyl groups excluding tert-OH is 1. The van der Waals surface area contributed by atoms with E-state index in [-0.39, 0.29) is 11.1 Å². The molecule has 1 fully saturated rings. The van der Waals surface area contributed by atoms with Crippen LogP contribution in [0.1, 0.15) is 60.4 Å². The normalized spacial score (nSPS) is 22.7. The number of aliphatic hydroxyl groups is 1. The molecule has 3 aliphatic rings. The second-order valence-electron chi connectivity index (χ2n) is 8.49. The highest BCUT2D eigenvalue weighted by molar-refractivity contribution is 7.90. The molecule has 3 aliphatic carbocycles. The van der Waals surface area contributed by atoms with Crippen LogP contribution in [0.25, 0.3) is 0 Å². The molecule has 2 atom stereocenters. The number of carbonyl (C=O) groups is 1. The summed E-state index contributed by atoms with van der Waals surface area (Å²) >= 11 is 0. The molecular formula is C21H26N4O4S. The maximum Gasteiger partial charge on any atom is 0.333 e. The van der Waals surface area contributed by atoms with Crippen molar-refractivity contribution in [2.24, 2.45) is 0 Å². The molecule has 0 spiro atoms. The van der Waals surface area contributed by atoms with Gasteiger partial charge in [-0.25, -0.2) is 9.52 Å². The van der Waals surface area contributed by atoms with Crippen molar-refractivity contribution in [2.75, 3.05) is 5.32 Å². The number of amides is 2. The van der Waals surface area contributed by atoms with E-state index in [0.29, 0.717) is 6.42 Å². The van der Waals surface area contributed by atoms with Crippen molar-refractivity contribution in [3.63, 3.8) is 0 Å². The molecule has 5 rings (SSSR count). The number of carbonyl (C=O) groups excluding carboxylic acids is 1. The Morgan fingerprint density at radius 1 is 1.07 bits per heavy atom. The fourth-order valence-corrected chi connectivity index (χ4v) is 6.00. The number of rotatable bonds is 4. The molecule has 0 bridgehead atoms. The minimum atomic E-state index is -4.11. The summed E-state index contributed by atoms with van der Waals surface area (Å²) in [6, 6.07) is 2.63. The van der Waals surface area contributed by atoms with Gasteiger partial charge in [-0.1, -0.05) is 6.07 Å². The van der Waals surface area contributed by atoms with Gasteiger partial charge in [-0.2, -0.15) is 13.5 Å². The average molecular weight is 431 g/mol. The summed E-state index contributed by atoms with van der Waals surface area (Å²) in [5.41, 5.74) is 5.61. The number of hydrogen-bond acceptors (Lipinski definition) is 5. The van der Waals surface area contributed by atoms with Gasteiger partial charge in [-0.3, -0.25) is 4.68 Å². The van der Waals surface area contributed by atoms with Gasteiger partial charge in [0, 0.05) is 11.9 Å². The Morgan fingerprint density at radius 2 is 1.77 bits per heavy atom. The predicted molar refractivity (Wildman–Crippen MR) is 111 cm³/mol. The van der Waals surface area contributed by atoms with Gasteiger partial charge < -0.3 is 10.4 Å². The zero-order valence-electron chi connectivity index (χ0n) is 16.7. The highest BCUT2D eigenvalue weighted by atomic mass is 32.2. The highest BCUT2D eigenvalue weighted by Gasteiger charge is 2.30. The van der Waals surface area contributed by atoms with Crippen LogP contribution in [0.4, 0.5) is 10.5 Å². The summed E-state index contributed by atoms with van der Waals surface area (Å²) in [5, 5.41) is 16.8. The molecule has 9 heteroatoms. The van der Waals surface area contributed by atoms with Crippen LogP contribution in [0.15, 0.2) is 23.4 Å². The van der Waals surface area contributed by atoms with Crippen molar-refractivity contribution in [1.29, 1.82) is 0 Å². The maximum atomic E-state index is 12.7. The second kappa shape index (κ2) is 7.39. The van der Waals surface area contributed by atoms with E-state index in [9.17, 15) is 18.3 Å². The summed E-state index contributed by atoms with van der Waals surface area (Å²) in [5.74, 6) is 0. The van der Waals surface area contributed by atoms with E-state index in [1.54, 1.807) is 6.20 Å². The lowest BCUT2D eigenvalue weighted by Crippen LogP contribution is -2.35. The van der Waals surface area contributed by atoms with Crippen LogP contribution in [0, 0.1) is 0 Å². The number of aryl methyl sites for hydroxylation is 2. The van der Waals surface area contributed by atoms with Crippen molar-refractivity contribution in [2.45, 2.75) is 75.0 Å². The molecule has 2 amide bonds. The lowest BCUT2D eigenvalue weighted by molar-refractivity contribution is 0.129. The highest BCUT2D eigenvalue weighted by Crippen LogP contribution is 2.38. The number of fused-ring (bicyclic) bond motifs is 2. The van der Waals surface area contributed by atoms with E-state index in [1.165, 1.54) is 21.9 Å². The van der Waals surface area contributed by atoms with Gasteiger partial charge in [-0.05, 0) is 86.1 Å². The number of nitrogens with one attached hydrogen (secondary N) is 2. The first kappa shape index (κ1) is 19.6. The molecule has 3 N–H and O–H groups in total. The molecule has 2 unspecified atom stereocenters. The summed E-state index contributed by atoms with van der Waals surface area (Å²) in [6.07, 6.45) is 9.23. The first-order chi connectivity index (χ1) is 14.4. The Kier molecular flexibility index (Phi) is 4.82. The molecule has 1 heterocycles. The lowest BCUT2D eigenvalue weighted by atomic mass is 9.99. The van der Waals surface area contributed by atoms with Crippen LogP contribution in [-0.4, -0.2) is 35.4 Å². The zero-order valence-corrected chi connectivity index (χ0v) is 17.5. The Balaban J connectivity index is 1.35. The number of hydrogen-bond donors (Lipinski definition) is 3. The van der Waals surface area contributed by atoms with Crippen LogP contribution in [-0.2, 0) is 35.7 Å². The van der Waals surface area contributed by atoms with Crippen molar-refractivity contribution in [3.8, 4) is 0 Å². The van der Waals surface area contributed by atoms with E-state index >= 15 is 0 Å².